The van der Waals surface area contributed by atoms with Crippen LogP contribution in [0.5, 0.6) is 23.0 Å². The fraction of sp³-hybridized carbons (Fsp3) is 0.273. The molecule has 2 aromatic rings. The zero-order valence-corrected chi connectivity index (χ0v) is 17.3. The molecule has 2 atom stereocenters. The van der Waals surface area contributed by atoms with E-state index in [2.05, 4.69) is 0 Å². The zero-order chi connectivity index (χ0) is 22.7. The van der Waals surface area contributed by atoms with Crippen LogP contribution in [0.1, 0.15) is 42.8 Å². The molecule has 3 rings (SSSR count). The van der Waals surface area contributed by atoms with E-state index in [-0.39, 0.29) is 34.3 Å². The van der Waals surface area contributed by atoms with E-state index in [0.717, 1.165) is 0 Å². The highest BCUT2D eigenvalue weighted by Gasteiger charge is 2.39. The second-order valence-electron chi connectivity index (χ2n) is 6.70. The van der Waals surface area contributed by atoms with E-state index in [0.29, 0.717) is 5.56 Å². The third-order valence-corrected chi connectivity index (χ3v) is 4.33. The van der Waals surface area contributed by atoms with E-state index in [4.69, 9.17) is 23.7 Å². The van der Waals surface area contributed by atoms with Crippen molar-refractivity contribution in [2.24, 2.45) is 0 Å². The minimum atomic E-state index is -0.989. The Morgan fingerprint density at radius 3 is 2.10 bits per heavy atom. The molecule has 0 fully saturated rings. The van der Waals surface area contributed by atoms with Gasteiger partial charge < -0.3 is 23.7 Å². The largest absolute Gasteiger partial charge is 0.482 e. The van der Waals surface area contributed by atoms with Gasteiger partial charge in [0.2, 0.25) is 0 Å². The lowest BCUT2D eigenvalue weighted by Crippen LogP contribution is -2.37. The number of carbonyl (C=O) groups excluding carboxylic acids is 4. The highest BCUT2D eigenvalue weighted by molar-refractivity contribution is 6.03. The Morgan fingerprint density at radius 1 is 0.839 bits per heavy atom. The first kappa shape index (κ1) is 22.0. The van der Waals surface area contributed by atoms with E-state index < -0.39 is 30.1 Å². The Balaban J connectivity index is 2.03. The fourth-order valence-electron chi connectivity index (χ4n) is 3.17. The van der Waals surface area contributed by atoms with Crippen molar-refractivity contribution >= 4 is 23.7 Å². The van der Waals surface area contributed by atoms with Gasteiger partial charge in [-0.1, -0.05) is 6.07 Å². The lowest BCUT2D eigenvalue weighted by molar-refractivity contribution is -0.134. The Hall–Kier alpha value is -3.72. The van der Waals surface area contributed by atoms with Crippen LogP contribution in [0.2, 0.25) is 0 Å². The topological polar surface area (TPSA) is 114 Å². The first-order valence-electron chi connectivity index (χ1n) is 9.26. The van der Waals surface area contributed by atoms with Gasteiger partial charge in [0.1, 0.15) is 11.5 Å². The second-order valence-corrected chi connectivity index (χ2v) is 6.70. The Labute approximate surface area is 177 Å². The van der Waals surface area contributed by atoms with Gasteiger partial charge in [-0.3, -0.25) is 19.2 Å². The summed E-state index contributed by atoms with van der Waals surface area (Å²) < 4.78 is 26.7. The van der Waals surface area contributed by atoms with Gasteiger partial charge in [-0.25, -0.2) is 0 Å². The van der Waals surface area contributed by atoms with E-state index in [9.17, 15) is 19.2 Å². The summed E-state index contributed by atoms with van der Waals surface area (Å²) in [5, 5.41) is 0. The second kappa shape index (κ2) is 8.97. The summed E-state index contributed by atoms with van der Waals surface area (Å²) in [6.07, 6.45) is -1.89. The number of benzene rings is 2. The van der Waals surface area contributed by atoms with Crippen LogP contribution >= 0.6 is 0 Å². The van der Waals surface area contributed by atoms with Crippen LogP contribution in [-0.2, 0) is 19.1 Å². The SMILES string of the molecule is COC1C(=O)c2ccc(OC(C)=O)cc2OC1c1ccc(OC(C)=O)c(OC(C)=O)c1. The van der Waals surface area contributed by atoms with Gasteiger partial charge in [0.25, 0.3) is 0 Å². The molecule has 0 saturated heterocycles. The Morgan fingerprint density at radius 2 is 1.48 bits per heavy atom. The molecular formula is C22H20O9. The van der Waals surface area contributed by atoms with Crippen molar-refractivity contribution in [3.05, 3.63) is 47.5 Å². The molecular weight excluding hydrogens is 408 g/mol. The number of esters is 3. The summed E-state index contributed by atoms with van der Waals surface area (Å²) in [5.41, 5.74) is 0.714. The van der Waals surface area contributed by atoms with Gasteiger partial charge in [-0.2, -0.15) is 0 Å². The average Bonchev–Trinajstić information content (AvgIpc) is 2.68. The molecule has 1 heterocycles. The molecule has 0 bridgehead atoms. The summed E-state index contributed by atoms with van der Waals surface area (Å²) in [4.78, 5) is 47.0. The molecule has 0 amide bonds. The van der Waals surface area contributed by atoms with Gasteiger partial charge in [-0.05, 0) is 29.8 Å². The summed E-state index contributed by atoms with van der Waals surface area (Å²) in [5.74, 6) is -1.59. The number of carbonyl (C=O) groups is 4. The smallest absolute Gasteiger partial charge is 0.308 e. The molecule has 2 unspecified atom stereocenters. The quantitative estimate of drug-likeness (QED) is 0.524. The minimum absolute atomic E-state index is 0.00874. The summed E-state index contributed by atoms with van der Waals surface area (Å²) in [6, 6.07) is 8.85. The van der Waals surface area contributed by atoms with Gasteiger partial charge in [0.15, 0.2) is 29.5 Å². The third kappa shape index (κ3) is 4.89. The van der Waals surface area contributed by atoms with Crippen molar-refractivity contribution in [3.8, 4) is 23.0 Å². The van der Waals surface area contributed by atoms with E-state index in [1.165, 1.54) is 58.2 Å². The van der Waals surface area contributed by atoms with E-state index in [1.54, 1.807) is 6.07 Å². The van der Waals surface area contributed by atoms with E-state index in [1.807, 2.05) is 0 Å². The van der Waals surface area contributed by atoms with Gasteiger partial charge in [0.05, 0.1) is 5.56 Å². The van der Waals surface area contributed by atoms with Crippen LogP contribution in [0.15, 0.2) is 36.4 Å². The third-order valence-electron chi connectivity index (χ3n) is 4.33. The van der Waals surface area contributed by atoms with E-state index >= 15 is 0 Å². The Bertz CT molecular complexity index is 1060. The number of hydrogen-bond donors (Lipinski definition) is 0. The lowest BCUT2D eigenvalue weighted by atomic mass is 9.93. The Kier molecular flexibility index (Phi) is 6.36. The molecule has 0 aliphatic carbocycles. The number of rotatable bonds is 5. The van der Waals surface area contributed by atoms with Crippen molar-refractivity contribution < 1.29 is 42.9 Å². The summed E-state index contributed by atoms with van der Waals surface area (Å²) in [7, 11) is 1.37. The van der Waals surface area contributed by atoms with Crippen LogP contribution in [0, 0.1) is 0 Å². The van der Waals surface area contributed by atoms with Crippen LogP contribution in [0.25, 0.3) is 0 Å². The molecule has 0 spiro atoms. The number of ether oxygens (including phenoxy) is 5. The highest BCUT2D eigenvalue weighted by Crippen LogP contribution is 2.40. The highest BCUT2D eigenvalue weighted by atomic mass is 16.6. The van der Waals surface area contributed by atoms with Gasteiger partial charge >= 0.3 is 17.9 Å². The molecule has 31 heavy (non-hydrogen) atoms. The van der Waals surface area contributed by atoms with Crippen LogP contribution < -0.4 is 18.9 Å². The molecule has 2 aromatic carbocycles. The van der Waals surface area contributed by atoms with Crippen LogP contribution in [0.4, 0.5) is 0 Å². The van der Waals surface area contributed by atoms with Crippen molar-refractivity contribution in [2.75, 3.05) is 7.11 Å². The summed E-state index contributed by atoms with van der Waals surface area (Å²) in [6.45, 7) is 3.68. The minimum Gasteiger partial charge on any atom is -0.482 e. The molecule has 162 valence electrons. The monoisotopic (exact) mass is 428 g/mol. The lowest BCUT2D eigenvalue weighted by Gasteiger charge is -2.32. The van der Waals surface area contributed by atoms with Gasteiger partial charge in [0, 0.05) is 33.9 Å². The van der Waals surface area contributed by atoms with Crippen molar-refractivity contribution in [1.82, 2.24) is 0 Å². The maximum Gasteiger partial charge on any atom is 0.308 e. The van der Waals surface area contributed by atoms with Gasteiger partial charge in [-0.15, -0.1) is 0 Å². The molecule has 9 heteroatoms. The number of Topliss-reactive ketones (excluding diaryl/α,β-unsaturated/α-hetero) is 1. The first-order chi connectivity index (χ1) is 14.7. The molecule has 9 nitrogen and oxygen atoms in total. The molecule has 0 aromatic heterocycles. The fourth-order valence-corrected chi connectivity index (χ4v) is 3.17. The number of ketones is 1. The van der Waals surface area contributed by atoms with Crippen molar-refractivity contribution in [2.45, 2.75) is 33.0 Å². The standard InChI is InChI=1S/C22H20O9/c1-11(23)28-15-6-7-16-18(10-15)31-21(22(27-4)20(16)26)14-5-8-17(29-12(2)24)19(9-14)30-13(3)25/h5-10,21-22H,1-4H3. The number of methoxy groups -OCH3 is 1. The average molecular weight is 428 g/mol. The first-order valence-corrected chi connectivity index (χ1v) is 9.26. The normalized spacial score (nSPS) is 17.2. The molecule has 0 N–H and O–H groups in total. The molecule has 1 aliphatic rings. The predicted molar refractivity (Wildman–Crippen MR) is 105 cm³/mol. The molecule has 1 aliphatic heterocycles. The number of hydrogen-bond acceptors (Lipinski definition) is 9. The number of fused-ring (bicyclic) bond motifs is 1. The van der Waals surface area contributed by atoms with Crippen LogP contribution in [-0.4, -0.2) is 36.9 Å². The van der Waals surface area contributed by atoms with Crippen molar-refractivity contribution in [3.63, 3.8) is 0 Å². The maximum atomic E-state index is 13.0. The predicted octanol–water partition coefficient (Wildman–Crippen LogP) is 2.79. The molecule has 0 radical (unpaired) electrons. The van der Waals surface area contributed by atoms with Crippen molar-refractivity contribution in [1.29, 1.82) is 0 Å². The van der Waals surface area contributed by atoms with Crippen LogP contribution in [0.3, 0.4) is 0 Å². The maximum absolute atomic E-state index is 13.0. The molecule has 0 saturated carbocycles. The zero-order valence-electron chi connectivity index (χ0n) is 17.3. The summed E-state index contributed by atoms with van der Waals surface area (Å²) >= 11 is 0.